The lowest BCUT2D eigenvalue weighted by atomic mass is 10.1. The van der Waals surface area contributed by atoms with Crippen molar-refractivity contribution < 1.29 is 4.74 Å². The Morgan fingerprint density at radius 1 is 1.53 bits per heavy atom. The fourth-order valence-corrected chi connectivity index (χ4v) is 2.18. The summed E-state index contributed by atoms with van der Waals surface area (Å²) in [4.78, 5) is 4.41. The van der Waals surface area contributed by atoms with Gasteiger partial charge < -0.3 is 10.1 Å². The largest absolute Gasteiger partial charge is 0.376 e. The molecule has 1 aliphatic rings. The molecule has 1 aromatic rings. The maximum Gasteiger partial charge on any atom is 0.144 e. The molecule has 4 nitrogen and oxygen atoms in total. The number of ether oxygens (including phenoxy) is 1. The van der Waals surface area contributed by atoms with Crippen LogP contribution < -0.4 is 5.32 Å². The molecule has 0 radical (unpaired) electrons. The lowest BCUT2D eigenvalue weighted by Crippen LogP contribution is -2.27. The number of nitriles is 1. The maximum atomic E-state index is 9.17. The summed E-state index contributed by atoms with van der Waals surface area (Å²) < 4.78 is 5.50. The molecule has 1 fully saturated rings. The molecule has 0 saturated carbocycles. The first-order chi connectivity index (χ1) is 8.11. The predicted octanol–water partition coefficient (Wildman–Crippen LogP) is 2.16. The van der Waals surface area contributed by atoms with Crippen molar-refractivity contribution in [1.82, 2.24) is 4.98 Å². The minimum Gasteiger partial charge on any atom is -0.376 e. The van der Waals surface area contributed by atoms with E-state index in [1.807, 2.05) is 26.8 Å². The Morgan fingerprint density at radius 3 is 2.88 bits per heavy atom. The summed E-state index contributed by atoms with van der Waals surface area (Å²) in [6, 6.07) is 4.39. The predicted molar refractivity (Wildman–Crippen MR) is 65.9 cm³/mol. The summed E-state index contributed by atoms with van der Waals surface area (Å²) in [5.74, 6) is 0.687. The van der Waals surface area contributed by atoms with E-state index in [0.29, 0.717) is 11.4 Å². The Kier molecular flexibility index (Phi) is 3.30. The Morgan fingerprint density at radius 2 is 2.29 bits per heavy atom. The second-order valence-electron chi connectivity index (χ2n) is 4.53. The summed E-state index contributed by atoms with van der Waals surface area (Å²) in [7, 11) is 0. The molecule has 2 heterocycles. The number of nitrogens with one attached hydrogen (secondary N) is 1. The van der Waals surface area contributed by atoms with E-state index in [4.69, 9.17) is 10.00 Å². The van der Waals surface area contributed by atoms with Crippen molar-refractivity contribution in [2.45, 2.75) is 39.3 Å². The van der Waals surface area contributed by atoms with Gasteiger partial charge in [0, 0.05) is 12.3 Å². The van der Waals surface area contributed by atoms with E-state index in [9.17, 15) is 0 Å². The number of aromatic nitrogens is 1. The number of rotatable bonds is 2. The van der Waals surface area contributed by atoms with Crippen molar-refractivity contribution in [1.29, 1.82) is 5.26 Å². The summed E-state index contributed by atoms with van der Waals surface area (Å²) in [6.45, 7) is 6.69. The Balaban J connectivity index is 2.29. The van der Waals surface area contributed by atoms with Crippen LogP contribution in [-0.2, 0) is 4.74 Å². The van der Waals surface area contributed by atoms with Gasteiger partial charge in [-0.2, -0.15) is 5.26 Å². The zero-order valence-corrected chi connectivity index (χ0v) is 10.4. The SMILES string of the molecule is Cc1cc(C)c(C#N)c(NC2CCOC2C)n1. The van der Waals surface area contributed by atoms with Gasteiger partial charge in [-0.05, 0) is 38.8 Å². The van der Waals surface area contributed by atoms with E-state index in [1.165, 1.54) is 0 Å². The van der Waals surface area contributed by atoms with E-state index in [1.54, 1.807) is 0 Å². The monoisotopic (exact) mass is 231 g/mol. The number of hydrogen-bond acceptors (Lipinski definition) is 4. The van der Waals surface area contributed by atoms with E-state index >= 15 is 0 Å². The molecule has 90 valence electrons. The first kappa shape index (κ1) is 11.9. The topological polar surface area (TPSA) is 57.9 Å². The highest BCUT2D eigenvalue weighted by molar-refractivity contribution is 5.57. The Bertz CT molecular complexity index is 464. The van der Waals surface area contributed by atoms with Crippen LogP contribution in [0.3, 0.4) is 0 Å². The van der Waals surface area contributed by atoms with Crippen LogP contribution in [0.1, 0.15) is 30.2 Å². The quantitative estimate of drug-likeness (QED) is 0.847. The van der Waals surface area contributed by atoms with Gasteiger partial charge >= 0.3 is 0 Å². The van der Waals surface area contributed by atoms with Gasteiger partial charge in [0.05, 0.1) is 17.7 Å². The molecule has 1 N–H and O–H groups in total. The van der Waals surface area contributed by atoms with Crippen LogP contribution in [0.25, 0.3) is 0 Å². The third-order valence-electron chi connectivity index (χ3n) is 3.15. The zero-order valence-electron chi connectivity index (χ0n) is 10.4. The first-order valence-electron chi connectivity index (χ1n) is 5.88. The number of anilines is 1. The maximum absolute atomic E-state index is 9.17. The van der Waals surface area contributed by atoms with Gasteiger partial charge in [-0.1, -0.05) is 0 Å². The van der Waals surface area contributed by atoms with Crippen molar-refractivity contribution in [2.24, 2.45) is 0 Å². The first-order valence-corrected chi connectivity index (χ1v) is 5.88. The standard InChI is InChI=1S/C13H17N3O/c1-8-6-9(2)15-13(11(8)7-14)16-12-4-5-17-10(12)3/h6,10,12H,4-5H2,1-3H3,(H,15,16). The molecule has 0 bridgehead atoms. The summed E-state index contributed by atoms with van der Waals surface area (Å²) >= 11 is 0. The summed E-state index contributed by atoms with van der Waals surface area (Å²) in [6.07, 6.45) is 1.13. The average molecular weight is 231 g/mol. The van der Waals surface area contributed by atoms with E-state index in [0.717, 1.165) is 24.3 Å². The molecule has 1 aromatic heterocycles. The molecule has 1 aliphatic heterocycles. The Hall–Kier alpha value is -1.60. The fraction of sp³-hybridized carbons (Fsp3) is 0.538. The van der Waals surface area contributed by atoms with E-state index in [-0.39, 0.29) is 12.1 Å². The van der Waals surface area contributed by atoms with Crippen LogP contribution >= 0.6 is 0 Å². The molecule has 4 heteroatoms. The van der Waals surface area contributed by atoms with Crippen LogP contribution in [0.4, 0.5) is 5.82 Å². The smallest absolute Gasteiger partial charge is 0.144 e. The van der Waals surface area contributed by atoms with Crippen LogP contribution in [0.5, 0.6) is 0 Å². The van der Waals surface area contributed by atoms with E-state index < -0.39 is 0 Å². The lowest BCUT2D eigenvalue weighted by molar-refractivity contribution is 0.121. The van der Waals surface area contributed by atoms with Crippen molar-refractivity contribution in [2.75, 3.05) is 11.9 Å². The molecule has 2 unspecified atom stereocenters. The Labute approximate surface area is 102 Å². The van der Waals surface area contributed by atoms with Gasteiger partial charge in [0.1, 0.15) is 11.9 Å². The molecule has 17 heavy (non-hydrogen) atoms. The molecular weight excluding hydrogens is 214 g/mol. The third kappa shape index (κ3) is 2.40. The number of aryl methyl sites for hydroxylation is 2. The van der Waals surface area contributed by atoms with Crippen molar-refractivity contribution in [3.63, 3.8) is 0 Å². The molecule has 0 amide bonds. The van der Waals surface area contributed by atoms with Gasteiger partial charge in [-0.3, -0.25) is 0 Å². The second kappa shape index (κ2) is 4.72. The average Bonchev–Trinajstić information content (AvgIpc) is 2.64. The van der Waals surface area contributed by atoms with E-state index in [2.05, 4.69) is 16.4 Å². The molecule has 0 aromatic carbocycles. The zero-order chi connectivity index (χ0) is 12.4. The molecule has 1 saturated heterocycles. The second-order valence-corrected chi connectivity index (χ2v) is 4.53. The highest BCUT2D eigenvalue weighted by atomic mass is 16.5. The molecule has 0 spiro atoms. The minimum absolute atomic E-state index is 0.171. The van der Waals surface area contributed by atoms with Crippen molar-refractivity contribution in [3.05, 3.63) is 22.9 Å². The molecule has 2 rings (SSSR count). The minimum atomic E-state index is 0.171. The highest BCUT2D eigenvalue weighted by Gasteiger charge is 2.25. The van der Waals surface area contributed by atoms with Gasteiger partial charge in [0.2, 0.25) is 0 Å². The lowest BCUT2D eigenvalue weighted by Gasteiger charge is -2.18. The van der Waals surface area contributed by atoms with Gasteiger partial charge in [-0.25, -0.2) is 4.98 Å². The molecule has 2 atom stereocenters. The number of pyridine rings is 1. The fourth-order valence-electron chi connectivity index (χ4n) is 2.18. The van der Waals surface area contributed by atoms with Crippen LogP contribution in [-0.4, -0.2) is 23.7 Å². The van der Waals surface area contributed by atoms with Gasteiger partial charge in [0.15, 0.2) is 0 Å². The summed E-state index contributed by atoms with van der Waals surface area (Å²) in [5, 5.41) is 12.5. The van der Waals surface area contributed by atoms with Gasteiger partial charge in [0.25, 0.3) is 0 Å². The van der Waals surface area contributed by atoms with Crippen molar-refractivity contribution >= 4 is 5.82 Å². The van der Waals surface area contributed by atoms with Crippen LogP contribution in [0.15, 0.2) is 6.07 Å². The normalized spacial score (nSPS) is 23.4. The third-order valence-corrected chi connectivity index (χ3v) is 3.15. The number of nitrogens with zero attached hydrogens (tertiary/aromatic N) is 2. The molecule has 0 aliphatic carbocycles. The van der Waals surface area contributed by atoms with Crippen molar-refractivity contribution in [3.8, 4) is 6.07 Å². The van der Waals surface area contributed by atoms with Crippen LogP contribution in [0.2, 0.25) is 0 Å². The number of hydrogen-bond donors (Lipinski definition) is 1. The summed E-state index contributed by atoms with van der Waals surface area (Å²) in [5.41, 5.74) is 2.53. The molecular formula is C13H17N3O. The van der Waals surface area contributed by atoms with Crippen LogP contribution in [0, 0.1) is 25.2 Å². The highest BCUT2D eigenvalue weighted by Crippen LogP contribution is 2.22. The van der Waals surface area contributed by atoms with Gasteiger partial charge in [-0.15, -0.1) is 0 Å².